The van der Waals surface area contributed by atoms with Crippen LogP contribution in [0.15, 0.2) is 54.6 Å². The van der Waals surface area contributed by atoms with Crippen LogP contribution in [0.2, 0.25) is 0 Å². The topological polar surface area (TPSA) is 56.8 Å². The Hall–Kier alpha value is -3.34. The molecular weight excluding hydrogens is 358 g/mol. The van der Waals surface area contributed by atoms with Crippen molar-refractivity contribution in [3.05, 3.63) is 71.4 Å². The number of fused-ring (bicyclic) bond motifs is 2. The van der Waals surface area contributed by atoms with Gasteiger partial charge in [0.15, 0.2) is 5.82 Å². The van der Waals surface area contributed by atoms with Crippen LogP contribution in [0.1, 0.15) is 23.2 Å². The van der Waals surface area contributed by atoms with Crippen LogP contribution in [-0.4, -0.2) is 28.5 Å². The van der Waals surface area contributed by atoms with Crippen molar-refractivity contribution in [2.75, 3.05) is 23.8 Å². The zero-order chi connectivity index (χ0) is 19.8. The van der Waals surface area contributed by atoms with Crippen LogP contribution in [0.4, 0.5) is 11.6 Å². The Labute approximate surface area is 170 Å². The van der Waals surface area contributed by atoms with Crippen LogP contribution in [0.25, 0.3) is 22.3 Å². The van der Waals surface area contributed by atoms with Crippen molar-refractivity contribution in [2.45, 2.75) is 26.3 Å². The number of aromatic amines is 1. The van der Waals surface area contributed by atoms with E-state index >= 15 is 0 Å². The lowest BCUT2D eigenvalue weighted by Gasteiger charge is -2.28. The predicted octanol–water partition coefficient (Wildman–Crippen LogP) is 4.93. The molecule has 1 aliphatic rings. The molecule has 0 atom stereocenters. The van der Waals surface area contributed by atoms with E-state index in [-0.39, 0.29) is 0 Å². The first-order chi connectivity index (χ1) is 14.2. The molecule has 0 bridgehead atoms. The van der Waals surface area contributed by atoms with E-state index in [9.17, 15) is 0 Å². The molecule has 5 nitrogen and oxygen atoms in total. The maximum Gasteiger partial charge on any atom is 0.166 e. The van der Waals surface area contributed by atoms with E-state index in [2.05, 4.69) is 77.7 Å². The Morgan fingerprint density at radius 1 is 1.03 bits per heavy atom. The van der Waals surface area contributed by atoms with E-state index in [1.807, 2.05) is 6.07 Å². The van der Waals surface area contributed by atoms with Crippen LogP contribution < -0.4 is 10.2 Å². The smallest absolute Gasteiger partial charge is 0.166 e. The third-order valence-corrected chi connectivity index (χ3v) is 5.69. The highest BCUT2D eigenvalue weighted by Gasteiger charge is 2.23. The van der Waals surface area contributed by atoms with Crippen LogP contribution in [-0.2, 0) is 13.0 Å². The number of anilines is 2. The summed E-state index contributed by atoms with van der Waals surface area (Å²) in [5, 5.41) is 4.76. The quantitative estimate of drug-likeness (QED) is 0.525. The van der Waals surface area contributed by atoms with Gasteiger partial charge in [0.05, 0.1) is 0 Å². The summed E-state index contributed by atoms with van der Waals surface area (Å²) in [5.41, 5.74) is 5.77. The molecule has 0 radical (unpaired) electrons. The van der Waals surface area contributed by atoms with Crippen LogP contribution in [0.5, 0.6) is 0 Å². The highest BCUT2D eigenvalue weighted by molar-refractivity contribution is 5.96. The molecule has 2 aromatic heterocycles. The van der Waals surface area contributed by atoms with Crippen molar-refractivity contribution in [3.8, 4) is 11.4 Å². The number of hydrogen-bond acceptors (Lipinski definition) is 4. The van der Waals surface area contributed by atoms with Gasteiger partial charge in [0.25, 0.3) is 0 Å². The summed E-state index contributed by atoms with van der Waals surface area (Å²) in [6.07, 6.45) is 2.13. The molecule has 5 heteroatoms. The number of nitrogens with zero attached hydrogens (tertiary/aromatic N) is 3. The molecule has 0 fully saturated rings. The maximum absolute atomic E-state index is 5.02. The Balaban J connectivity index is 1.62. The van der Waals surface area contributed by atoms with Gasteiger partial charge in [0.2, 0.25) is 0 Å². The van der Waals surface area contributed by atoms with E-state index in [0.717, 1.165) is 65.6 Å². The average Bonchev–Trinajstić information content (AvgIpc) is 3.09. The third-order valence-electron chi connectivity index (χ3n) is 5.69. The molecule has 2 aromatic carbocycles. The molecule has 0 unspecified atom stereocenters. The van der Waals surface area contributed by atoms with Crippen LogP contribution >= 0.6 is 0 Å². The van der Waals surface area contributed by atoms with Gasteiger partial charge in [-0.25, -0.2) is 9.97 Å². The second-order valence-electron chi connectivity index (χ2n) is 7.73. The number of aromatic nitrogens is 3. The van der Waals surface area contributed by atoms with Gasteiger partial charge < -0.3 is 15.2 Å². The van der Waals surface area contributed by atoms with Gasteiger partial charge in [-0.1, -0.05) is 48.5 Å². The third kappa shape index (κ3) is 3.23. The van der Waals surface area contributed by atoms with Crippen molar-refractivity contribution < 1.29 is 0 Å². The van der Waals surface area contributed by atoms with E-state index in [1.54, 1.807) is 0 Å². The maximum atomic E-state index is 5.02. The fourth-order valence-corrected chi connectivity index (χ4v) is 4.22. The summed E-state index contributed by atoms with van der Waals surface area (Å²) >= 11 is 0. The molecule has 0 amide bonds. The summed E-state index contributed by atoms with van der Waals surface area (Å²) in [6, 6.07) is 18.8. The normalized spacial score (nSPS) is 13.5. The van der Waals surface area contributed by atoms with Gasteiger partial charge in [0, 0.05) is 47.9 Å². The van der Waals surface area contributed by atoms with Gasteiger partial charge in [-0.05, 0) is 31.4 Å². The fourth-order valence-electron chi connectivity index (χ4n) is 4.22. The SMILES string of the molecule is Cc1[nH]c2ccccc2c1-c1nc(NCc2ccccc2)c2c(n1)N(C)CCC2. The lowest BCUT2D eigenvalue weighted by atomic mass is 10.0. The standard InChI is InChI=1S/C24H25N5/c1-16-21(18-11-6-7-13-20(18)26-16)23-27-22(25-15-17-9-4-3-5-10-17)19-12-8-14-29(2)24(19)28-23/h3-7,9-11,13,26H,8,12,14-15H2,1-2H3,(H,25,27,28). The van der Waals surface area contributed by atoms with Crippen molar-refractivity contribution in [2.24, 2.45) is 0 Å². The number of H-pyrrole nitrogens is 1. The zero-order valence-electron chi connectivity index (χ0n) is 16.9. The number of para-hydroxylation sites is 1. The van der Waals surface area contributed by atoms with E-state index in [1.165, 1.54) is 11.1 Å². The second-order valence-corrected chi connectivity index (χ2v) is 7.73. The van der Waals surface area contributed by atoms with Crippen molar-refractivity contribution in [3.63, 3.8) is 0 Å². The van der Waals surface area contributed by atoms with E-state index in [0.29, 0.717) is 0 Å². The largest absolute Gasteiger partial charge is 0.366 e. The Morgan fingerprint density at radius 3 is 2.69 bits per heavy atom. The summed E-state index contributed by atoms with van der Waals surface area (Å²) in [5.74, 6) is 2.77. The lowest BCUT2D eigenvalue weighted by molar-refractivity contribution is 0.726. The van der Waals surface area contributed by atoms with E-state index in [4.69, 9.17) is 9.97 Å². The van der Waals surface area contributed by atoms with Crippen molar-refractivity contribution in [1.29, 1.82) is 0 Å². The molecular formula is C24H25N5. The van der Waals surface area contributed by atoms with Crippen molar-refractivity contribution >= 4 is 22.5 Å². The minimum absolute atomic E-state index is 0.750. The first-order valence-electron chi connectivity index (χ1n) is 10.2. The number of hydrogen-bond donors (Lipinski definition) is 2. The molecule has 0 aliphatic carbocycles. The summed E-state index contributed by atoms with van der Waals surface area (Å²) < 4.78 is 0. The van der Waals surface area contributed by atoms with Gasteiger partial charge in [-0.15, -0.1) is 0 Å². The van der Waals surface area contributed by atoms with Gasteiger partial charge in [-0.2, -0.15) is 0 Å². The summed E-state index contributed by atoms with van der Waals surface area (Å²) in [4.78, 5) is 15.8. The highest BCUT2D eigenvalue weighted by Crippen LogP contribution is 2.36. The number of rotatable bonds is 4. The summed E-state index contributed by atoms with van der Waals surface area (Å²) in [6.45, 7) is 3.87. The fraction of sp³-hybridized carbons (Fsp3) is 0.250. The molecule has 4 aromatic rings. The first-order valence-corrected chi connectivity index (χ1v) is 10.2. The molecule has 5 rings (SSSR count). The highest BCUT2D eigenvalue weighted by atomic mass is 15.2. The zero-order valence-corrected chi connectivity index (χ0v) is 16.9. The minimum atomic E-state index is 0.750. The number of aryl methyl sites for hydroxylation is 1. The van der Waals surface area contributed by atoms with Crippen LogP contribution in [0, 0.1) is 6.92 Å². The van der Waals surface area contributed by atoms with E-state index < -0.39 is 0 Å². The Kier molecular flexibility index (Phi) is 4.43. The molecule has 146 valence electrons. The number of nitrogens with one attached hydrogen (secondary N) is 2. The predicted molar refractivity (Wildman–Crippen MR) is 119 cm³/mol. The van der Waals surface area contributed by atoms with Gasteiger partial charge >= 0.3 is 0 Å². The average molecular weight is 383 g/mol. The van der Waals surface area contributed by atoms with Crippen LogP contribution in [0.3, 0.4) is 0 Å². The Morgan fingerprint density at radius 2 is 1.83 bits per heavy atom. The molecule has 29 heavy (non-hydrogen) atoms. The molecule has 1 aliphatic heterocycles. The van der Waals surface area contributed by atoms with Crippen molar-refractivity contribution in [1.82, 2.24) is 15.0 Å². The first kappa shape index (κ1) is 17.7. The second kappa shape index (κ2) is 7.24. The van der Waals surface area contributed by atoms with Gasteiger partial charge in [0.1, 0.15) is 11.6 Å². The summed E-state index contributed by atoms with van der Waals surface area (Å²) in [7, 11) is 2.12. The molecule has 0 spiro atoms. The monoisotopic (exact) mass is 383 g/mol. The number of benzene rings is 2. The molecule has 2 N–H and O–H groups in total. The molecule has 0 saturated carbocycles. The molecule has 0 saturated heterocycles. The van der Waals surface area contributed by atoms with Gasteiger partial charge in [-0.3, -0.25) is 0 Å². The molecule has 3 heterocycles. The minimum Gasteiger partial charge on any atom is -0.366 e. The lowest BCUT2D eigenvalue weighted by Crippen LogP contribution is -2.27. The Bertz CT molecular complexity index is 1160.